The predicted octanol–water partition coefficient (Wildman–Crippen LogP) is 1.66. The number of carbonyl (C=O) groups is 1. The number of rotatable bonds is 6. The molecule has 0 aliphatic carbocycles. The van der Waals surface area contributed by atoms with E-state index in [1.54, 1.807) is 20.8 Å². The first kappa shape index (κ1) is 14.4. The zero-order valence-corrected chi connectivity index (χ0v) is 10.2. The van der Waals surface area contributed by atoms with E-state index in [1.807, 2.05) is 13.8 Å². The molecule has 0 aliphatic rings. The first-order chi connectivity index (χ1) is 6.77. The van der Waals surface area contributed by atoms with Gasteiger partial charge in [0.25, 0.3) is 0 Å². The molecule has 2 N–H and O–H groups in total. The molecule has 0 aliphatic heterocycles. The van der Waals surface area contributed by atoms with Crippen LogP contribution in [0.2, 0.25) is 0 Å². The van der Waals surface area contributed by atoms with Gasteiger partial charge in [-0.1, -0.05) is 20.8 Å². The van der Waals surface area contributed by atoms with Crippen LogP contribution >= 0.6 is 0 Å². The highest BCUT2D eigenvalue weighted by molar-refractivity contribution is 5.77. The number of carboxylic acids is 1. The van der Waals surface area contributed by atoms with Gasteiger partial charge in [-0.3, -0.25) is 0 Å². The zero-order chi connectivity index (χ0) is 12.2. The lowest BCUT2D eigenvalue weighted by Crippen LogP contribution is -2.49. The minimum absolute atomic E-state index is 0.138. The van der Waals surface area contributed by atoms with Gasteiger partial charge >= 0.3 is 5.97 Å². The zero-order valence-electron chi connectivity index (χ0n) is 10.2. The lowest BCUT2D eigenvalue weighted by Gasteiger charge is -2.35. The van der Waals surface area contributed by atoms with Crippen molar-refractivity contribution >= 4 is 5.97 Å². The standard InChI is InChI=1S/C11H22O4/c1-6-11(7(2)3,10(13)14)15-9(5)8(4)12/h7-9,12H,6H2,1-5H3,(H,13,14). The Morgan fingerprint density at radius 3 is 2.00 bits per heavy atom. The summed E-state index contributed by atoms with van der Waals surface area (Å²) in [5, 5.41) is 18.5. The van der Waals surface area contributed by atoms with E-state index in [1.165, 1.54) is 0 Å². The van der Waals surface area contributed by atoms with E-state index in [-0.39, 0.29) is 5.92 Å². The van der Waals surface area contributed by atoms with Crippen LogP contribution in [-0.2, 0) is 9.53 Å². The summed E-state index contributed by atoms with van der Waals surface area (Å²) in [6, 6.07) is 0. The summed E-state index contributed by atoms with van der Waals surface area (Å²) in [6.45, 7) is 8.68. The number of ether oxygens (including phenoxy) is 1. The van der Waals surface area contributed by atoms with Gasteiger partial charge in [0, 0.05) is 0 Å². The molecule has 0 rings (SSSR count). The molecule has 0 fully saturated rings. The van der Waals surface area contributed by atoms with Crippen molar-refractivity contribution in [2.75, 3.05) is 0 Å². The molecule has 0 aromatic rings. The van der Waals surface area contributed by atoms with Gasteiger partial charge in [-0.2, -0.15) is 0 Å². The molecule has 0 saturated heterocycles. The van der Waals surface area contributed by atoms with Crippen molar-refractivity contribution in [3.63, 3.8) is 0 Å². The highest BCUT2D eigenvalue weighted by Gasteiger charge is 2.43. The first-order valence-corrected chi connectivity index (χ1v) is 5.37. The molecule has 0 aromatic carbocycles. The maximum absolute atomic E-state index is 11.2. The van der Waals surface area contributed by atoms with E-state index in [0.717, 1.165) is 0 Å². The first-order valence-electron chi connectivity index (χ1n) is 5.37. The van der Waals surface area contributed by atoms with Crippen molar-refractivity contribution < 1.29 is 19.7 Å². The molecule has 0 aromatic heterocycles. The van der Waals surface area contributed by atoms with E-state index < -0.39 is 23.8 Å². The monoisotopic (exact) mass is 218 g/mol. The number of aliphatic carboxylic acids is 1. The van der Waals surface area contributed by atoms with Crippen molar-refractivity contribution in [1.29, 1.82) is 0 Å². The van der Waals surface area contributed by atoms with Gasteiger partial charge in [-0.05, 0) is 26.2 Å². The minimum Gasteiger partial charge on any atom is -0.479 e. The molecule has 90 valence electrons. The molecule has 0 radical (unpaired) electrons. The molecule has 15 heavy (non-hydrogen) atoms. The van der Waals surface area contributed by atoms with Gasteiger partial charge in [0.2, 0.25) is 0 Å². The number of aliphatic hydroxyl groups is 1. The maximum Gasteiger partial charge on any atom is 0.336 e. The minimum atomic E-state index is -1.20. The fourth-order valence-corrected chi connectivity index (χ4v) is 1.51. The molecule has 4 nitrogen and oxygen atoms in total. The Kier molecular flexibility index (Phi) is 5.24. The van der Waals surface area contributed by atoms with E-state index >= 15 is 0 Å². The van der Waals surface area contributed by atoms with Gasteiger partial charge in [-0.25, -0.2) is 4.79 Å². The number of aliphatic hydroxyl groups excluding tert-OH is 1. The van der Waals surface area contributed by atoms with Crippen LogP contribution in [0.4, 0.5) is 0 Å². The molecule has 0 bridgehead atoms. The van der Waals surface area contributed by atoms with Crippen LogP contribution in [0.3, 0.4) is 0 Å². The molecule has 0 spiro atoms. The molecule has 3 unspecified atom stereocenters. The maximum atomic E-state index is 11.2. The lowest BCUT2D eigenvalue weighted by atomic mass is 9.87. The van der Waals surface area contributed by atoms with Crippen molar-refractivity contribution in [2.24, 2.45) is 5.92 Å². The summed E-state index contributed by atoms with van der Waals surface area (Å²) in [6.07, 6.45) is -0.769. The van der Waals surface area contributed by atoms with Crippen molar-refractivity contribution in [3.05, 3.63) is 0 Å². The highest BCUT2D eigenvalue weighted by Crippen LogP contribution is 2.28. The molecule has 0 amide bonds. The van der Waals surface area contributed by atoms with Gasteiger partial charge < -0.3 is 14.9 Å². The van der Waals surface area contributed by atoms with Crippen LogP contribution in [-0.4, -0.2) is 34.0 Å². The van der Waals surface area contributed by atoms with Crippen LogP contribution in [0.15, 0.2) is 0 Å². The average molecular weight is 218 g/mol. The molecular weight excluding hydrogens is 196 g/mol. The fraction of sp³-hybridized carbons (Fsp3) is 0.909. The highest BCUT2D eigenvalue weighted by atomic mass is 16.5. The van der Waals surface area contributed by atoms with E-state index in [2.05, 4.69) is 0 Å². The van der Waals surface area contributed by atoms with E-state index in [9.17, 15) is 15.0 Å². The Balaban J connectivity index is 4.86. The van der Waals surface area contributed by atoms with Crippen molar-refractivity contribution in [3.8, 4) is 0 Å². The third kappa shape index (κ3) is 3.18. The summed E-state index contributed by atoms with van der Waals surface area (Å²) in [5.41, 5.74) is -1.20. The Labute approximate surface area is 91.3 Å². The molecular formula is C11H22O4. The van der Waals surface area contributed by atoms with Gasteiger partial charge in [-0.15, -0.1) is 0 Å². The molecule has 0 heterocycles. The van der Waals surface area contributed by atoms with E-state index in [0.29, 0.717) is 6.42 Å². The smallest absolute Gasteiger partial charge is 0.336 e. The predicted molar refractivity (Wildman–Crippen MR) is 57.7 cm³/mol. The molecule has 0 saturated carbocycles. The van der Waals surface area contributed by atoms with Crippen LogP contribution in [0, 0.1) is 5.92 Å². The fourth-order valence-electron chi connectivity index (χ4n) is 1.51. The molecule has 3 atom stereocenters. The second-order valence-corrected chi connectivity index (χ2v) is 4.27. The summed E-state index contributed by atoms with van der Waals surface area (Å²) in [5.74, 6) is -1.10. The summed E-state index contributed by atoms with van der Waals surface area (Å²) < 4.78 is 5.52. The van der Waals surface area contributed by atoms with Crippen LogP contribution in [0.5, 0.6) is 0 Å². The van der Waals surface area contributed by atoms with Crippen LogP contribution in [0.25, 0.3) is 0 Å². The second kappa shape index (κ2) is 5.47. The largest absolute Gasteiger partial charge is 0.479 e. The summed E-state index contributed by atoms with van der Waals surface area (Å²) in [4.78, 5) is 11.2. The van der Waals surface area contributed by atoms with Crippen LogP contribution < -0.4 is 0 Å². The van der Waals surface area contributed by atoms with Crippen molar-refractivity contribution in [2.45, 2.75) is 58.8 Å². The van der Waals surface area contributed by atoms with Crippen molar-refractivity contribution in [1.82, 2.24) is 0 Å². The summed E-state index contributed by atoms with van der Waals surface area (Å²) >= 11 is 0. The quantitative estimate of drug-likeness (QED) is 0.711. The third-order valence-corrected chi connectivity index (χ3v) is 2.90. The normalized spacial score (nSPS) is 19.7. The van der Waals surface area contributed by atoms with Gasteiger partial charge in [0.05, 0.1) is 12.2 Å². The number of carboxylic acid groups (broad SMARTS) is 1. The average Bonchev–Trinajstić information content (AvgIpc) is 2.12. The Morgan fingerprint density at radius 1 is 1.33 bits per heavy atom. The second-order valence-electron chi connectivity index (χ2n) is 4.27. The Morgan fingerprint density at radius 2 is 1.80 bits per heavy atom. The van der Waals surface area contributed by atoms with Gasteiger partial charge in [0.15, 0.2) is 5.60 Å². The number of hydrogen-bond donors (Lipinski definition) is 2. The SMILES string of the molecule is CCC(OC(C)C(C)O)(C(=O)O)C(C)C. The number of hydrogen-bond acceptors (Lipinski definition) is 3. The third-order valence-electron chi connectivity index (χ3n) is 2.90. The topological polar surface area (TPSA) is 66.8 Å². The van der Waals surface area contributed by atoms with Crippen LogP contribution in [0.1, 0.15) is 41.0 Å². The van der Waals surface area contributed by atoms with Gasteiger partial charge in [0.1, 0.15) is 0 Å². The summed E-state index contributed by atoms with van der Waals surface area (Å²) in [7, 11) is 0. The molecule has 4 heteroatoms. The Hall–Kier alpha value is -0.610. The Bertz CT molecular complexity index is 213. The lowest BCUT2D eigenvalue weighted by molar-refractivity contribution is -0.190. The van der Waals surface area contributed by atoms with E-state index in [4.69, 9.17) is 4.74 Å².